The zero-order valence-electron chi connectivity index (χ0n) is 16.2. The van der Waals surface area contributed by atoms with Crippen molar-refractivity contribution in [3.63, 3.8) is 0 Å². The van der Waals surface area contributed by atoms with Gasteiger partial charge in [-0.2, -0.15) is 0 Å². The highest BCUT2D eigenvalue weighted by atomic mass is 35.5. The highest BCUT2D eigenvalue weighted by Crippen LogP contribution is 2.27. The Morgan fingerprint density at radius 1 is 1.13 bits per heavy atom. The molecule has 1 heterocycles. The molecule has 3 aromatic rings. The van der Waals surface area contributed by atoms with Gasteiger partial charge in [0.05, 0.1) is 11.9 Å². The van der Waals surface area contributed by atoms with Gasteiger partial charge < -0.3 is 5.32 Å². The highest BCUT2D eigenvalue weighted by Gasteiger charge is 2.19. The molecule has 31 heavy (non-hydrogen) atoms. The number of amides is 1. The monoisotopic (exact) mass is 486 g/mol. The molecule has 0 saturated heterocycles. The van der Waals surface area contributed by atoms with E-state index >= 15 is 0 Å². The van der Waals surface area contributed by atoms with E-state index in [0.29, 0.717) is 15.2 Å². The molecule has 0 aliphatic carbocycles. The Morgan fingerprint density at radius 3 is 2.48 bits per heavy atom. The number of halogens is 3. The molecule has 0 bridgehead atoms. The summed E-state index contributed by atoms with van der Waals surface area (Å²) in [7, 11) is -3.75. The average Bonchev–Trinajstić information content (AvgIpc) is 3.15. The second-order valence-corrected chi connectivity index (χ2v) is 9.83. The molecule has 0 unspecified atom stereocenters. The lowest BCUT2D eigenvalue weighted by atomic mass is 10.2. The molecular weight excluding hydrogens is 470 g/mol. The summed E-state index contributed by atoms with van der Waals surface area (Å²) in [6.07, 6.45) is 1.10. The molecular formula is C19H17ClF2N4O3S2. The van der Waals surface area contributed by atoms with Gasteiger partial charge in [0.1, 0.15) is 5.01 Å². The third-order valence-corrected chi connectivity index (χ3v) is 6.45. The van der Waals surface area contributed by atoms with Crippen LogP contribution in [-0.4, -0.2) is 37.3 Å². The minimum atomic E-state index is -3.75. The van der Waals surface area contributed by atoms with Gasteiger partial charge in [0.25, 0.3) is 0 Å². The Morgan fingerprint density at radius 2 is 1.84 bits per heavy atom. The highest BCUT2D eigenvalue weighted by molar-refractivity contribution is 7.92. The van der Waals surface area contributed by atoms with Gasteiger partial charge in [-0.15, -0.1) is 10.2 Å². The number of nitrogens with one attached hydrogen (secondary N) is 1. The fourth-order valence-electron chi connectivity index (χ4n) is 2.67. The summed E-state index contributed by atoms with van der Waals surface area (Å²) in [5.41, 5.74) is 0.788. The van der Waals surface area contributed by atoms with E-state index in [1.807, 2.05) is 0 Å². The predicted molar refractivity (Wildman–Crippen MR) is 117 cm³/mol. The van der Waals surface area contributed by atoms with Crippen LogP contribution in [0.25, 0.3) is 10.6 Å². The van der Waals surface area contributed by atoms with Crippen molar-refractivity contribution < 1.29 is 22.0 Å². The van der Waals surface area contributed by atoms with Crippen molar-refractivity contribution in [2.45, 2.75) is 12.8 Å². The van der Waals surface area contributed by atoms with Crippen LogP contribution in [0.5, 0.6) is 0 Å². The molecule has 2 aromatic carbocycles. The van der Waals surface area contributed by atoms with E-state index in [0.717, 1.165) is 28.3 Å². The topological polar surface area (TPSA) is 92.3 Å². The Labute approximate surface area is 186 Å². The van der Waals surface area contributed by atoms with Crippen LogP contribution in [-0.2, 0) is 14.8 Å². The SMILES string of the molecule is CS(=O)(=O)N(CCCC(=O)Nc1nnc(-c2ccc(Cl)cc2)s1)c1ccc(F)c(F)c1. The standard InChI is InChI=1S/C19H17ClF2N4O3S2/c1-31(28,29)26(14-8-9-15(21)16(22)11-14)10-2-3-17(27)23-19-25-24-18(30-19)12-4-6-13(20)7-5-12/h4-9,11H,2-3,10H2,1H3,(H,23,25,27). The van der Waals surface area contributed by atoms with Crippen molar-refractivity contribution in [1.82, 2.24) is 10.2 Å². The molecule has 0 aliphatic heterocycles. The molecule has 0 saturated carbocycles. The number of hydrogen-bond acceptors (Lipinski definition) is 6. The summed E-state index contributed by atoms with van der Waals surface area (Å²) >= 11 is 7.04. The number of carbonyl (C=O) groups excluding carboxylic acids is 1. The lowest BCUT2D eigenvalue weighted by molar-refractivity contribution is -0.116. The Hall–Kier alpha value is -2.63. The molecule has 12 heteroatoms. The minimum absolute atomic E-state index is 0.00838. The Kier molecular flexibility index (Phi) is 7.19. The van der Waals surface area contributed by atoms with E-state index in [1.165, 1.54) is 17.4 Å². The molecule has 7 nitrogen and oxygen atoms in total. The Balaban J connectivity index is 1.58. The molecule has 1 aromatic heterocycles. The second-order valence-electron chi connectivity index (χ2n) is 6.50. The summed E-state index contributed by atoms with van der Waals surface area (Å²) in [5, 5.41) is 12.1. The van der Waals surface area contributed by atoms with Crippen LogP contribution in [0.15, 0.2) is 42.5 Å². The molecule has 0 fully saturated rings. The van der Waals surface area contributed by atoms with Gasteiger partial charge >= 0.3 is 0 Å². The normalized spacial score (nSPS) is 11.4. The second kappa shape index (κ2) is 9.67. The summed E-state index contributed by atoms with van der Waals surface area (Å²) in [5.74, 6) is -2.61. The molecule has 0 radical (unpaired) electrons. The summed E-state index contributed by atoms with van der Waals surface area (Å²) < 4.78 is 51.6. The van der Waals surface area contributed by atoms with E-state index < -0.39 is 21.7 Å². The Bertz CT molecular complexity index is 1190. The van der Waals surface area contributed by atoms with Gasteiger partial charge in [0, 0.05) is 29.6 Å². The van der Waals surface area contributed by atoms with Crippen LogP contribution in [0, 0.1) is 11.6 Å². The molecule has 164 valence electrons. The van der Waals surface area contributed by atoms with Gasteiger partial charge in [0.15, 0.2) is 11.6 Å². The summed E-state index contributed by atoms with van der Waals surface area (Å²) in [6.45, 7) is -0.0799. The first-order chi connectivity index (χ1) is 14.6. The third-order valence-electron chi connectivity index (χ3n) is 4.12. The molecule has 1 N–H and O–H groups in total. The quantitative estimate of drug-likeness (QED) is 0.512. The maximum absolute atomic E-state index is 13.5. The van der Waals surface area contributed by atoms with Gasteiger partial charge in [-0.3, -0.25) is 9.10 Å². The smallest absolute Gasteiger partial charge is 0.232 e. The average molecular weight is 487 g/mol. The lowest BCUT2D eigenvalue weighted by Gasteiger charge is -2.22. The van der Waals surface area contributed by atoms with Gasteiger partial charge in [-0.25, -0.2) is 17.2 Å². The number of nitrogens with zero attached hydrogens (tertiary/aromatic N) is 3. The fourth-order valence-corrected chi connectivity index (χ4v) is 4.52. The fraction of sp³-hybridized carbons (Fsp3) is 0.211. The number of hydrogen-bond donors (Lipinski definition) is 1. The maximum atomic E-state index is 13.5. The van der Waals surface area contributed by atoms with Crippen molar-refractivity contribution in [1.29, 1.82) is 0 Å². The number of sulfonamides is 1. The number of rotatable bonds is 8. The van der Waals surface area contributed by atoms with Crippen LogP contribution >= 0.6 is 22.9 Å². The lowest BCUT2D eigenvalue weighted by Crippen LogP contribution is -2.31. The summed E-state index contributed by atoms with van der Waals surface area (Å²) in [4.78, 5) is 12.2. The van der Waals surface area contributed by atoms with Crippen molar-refractivity contribution in [3.8, 4) is 10.6 Å². The summed E-state index contributed by atoms with van der Waals surface area (Å²) in [6, 6.07) is 9.82. The number of benzene rings is 2. The zero-order valence-corrected chi connectivity index (χ0v) is 18.6. The minimum Gasteiger partial charge on any atom is -0.301 e. The zero-order chi connectivity index (χ0) is 22.6. The van der Waals surface area contributed by atoms with E-state index in [4.69, 9.17) is 11.6 Å². The molecule has 1 amide bonds. The van der Waals surface area contributed by atoms with Gasteiger partial charge in [0.2, 0.25) is 21.1 Å². The number of anilines is 2. The largest absolute Gasteiger partial charge is 0.301 e. The van der Waals surface area contributed by atoms with E-state index in [1.54, 1.807) is 24.3 Å². The first-order valence-corrected chi connectivity index (χ1v) is 12.0. The van der Waals surface area contributed by atoms with Gasteiger partial charge in [-0.05, 0) is 30.7 Å². The van der Waals surface area contributed by atoms with E-state index in [2.05, 4.69) is 15.5 Å². The first-order valence-electron chi connectivity index (χ1n) is 8.95. The van der Waals surface area contributed by atoms with Crippen LogP contribution in [0.1, 0.15) is 12.8 Å². The van der Waals surface area contributed by atoms with Gasteiger partial charge in [-0.1, -0.05) is 35.1 Å². The predicted octanol–water partition coefficient (Wildman–Crippen LogP) is 4.32. The van der Waals surface area contributed by atoms with Crippen molar-refractivity contribution in [3.05, 3.63) is 59.1 Å². The molecule has 3 rings (SSSR count). The third kappa shape index (κ3) is 6.18. The van der Waals surface area contributed by atoms with Crippen LogP contribution < -0.4 is 9.62 Å². The van der Waals surface area contributed by atoms with Crippen molar-refractivity contribution in [2.24, 2.45) is 0 Å². The van der Waals surface area contributed by atoms with Crippen LogP contribution in [0.2, 0.25) is 5.02 Å². The van der Waals surface area contributed by atoms with Crippen LogP contribution in [0.3, 0.4) is 0 Å². The van der Waals surface area contributed by atoms with Crippen molar-refractivity contribution >= 4 is 49.7 Å². The van der Waals surface area contributed by atoms with Crippen LogP contribution in [0.4, 0.5) is 19.6 Å². The van der Waals surface area contributed by atoms with E-state index in [-0.39, 0.29) is 31.0 Å². The number of aromatic nitrogens is 2. The molecule has 0 atom stereocenters. The first kappa shape index (κ1) is 23.0. The van der Waals surface area contributed by atoms with E-state index in [9.17, 15) is 22.0 Å². The van der Waals surface area contributed by atoms with Crippen molar-refractivity contribution in [2.75, 3.05) is 22.4 Å². The molecule has 0 spiro atoms. The maximum Gasteiger partial charge on any atom is 0.232 e. The number of carbonyl (C=O) groups is 1. The molecule has 0 aliphatic rings.